The number of esters is 3. The Kier molecular flexibility index (Phi) is 22.0. The highest BCUT2D eigenvalue weighted by molar-refractivity contribution is 8.00. The number of alkyl carbamates (subject to hydrolysis) is 1. The SMILES string of the molecule is COc1ccc(C(SC[C@H](NC(=O)C(CC(=O)OC(C)(C)C)NC(=O)[C@H](CC(=O)OC(C)(C)C)NC(=O)OCC2c3ccccc3-c3ccccc32)C(=O)OC(c2ccccc2)(c2ccc(C3CCCCC3)cc2)c2ccccc2Cl)(c2ccccc2)c2ccccc2)cc1. The van der Waals surface area contributed by atoms with Crippen LogP contribution in [0, 0.1) is 0 Å². The zero-order chi connectivity index (χ0) is 67.3. The molecule has 8 aromatic carbocycles. The summed E-state index contributed by atoms with van der Waals surface area (Å²) in [6, 6.07) is 62.4. The highest BCUT2D eigenvalue weighted by Gasteiger charge is 2.46. The van der Waals surface area contributed by atoms with E-state index in [1.54, 1.807) is 60.8 Å². The van der Waals surface area contributed by atoms with Crippen molar-refractivity contribution in [2.75, 3.05) is 19.5 Å². The van der Waals surface area contributed by atoms with Crippen LogP contribution in [0.15, 0.2) is 212 Å². The summed E-state index contributed by atoms with van der Waals surface area (Å²) >= 11 is 8.68. The van der Waals surface area contributed by atoms with E-state index in [-0.39, 0.29) is 18.3 Å². The Labute approximate surface area is 566 Å². The summed E-state index contributed by atoms with van der Waals surface area (Å²) in [6.07, 6.45) is 3.04. The lowest BCUT2D eigenvalue weighted by atomic mass is 9.78. The zero-order valence-electron chi connectivity index (χ0n) is 54.7. The maximum atomic E-state index is 16.5. The maximum Gasteiger partial charge on any atom is 0.407 e. The number of methoxy groups -OCH3 is 1. The minimum Gasteiger partial charge on any atom is -0.497 e. The van der Waals surface area contributed by atoms with Crippen molar-refractivity contribution in [3.8, 4) is 16.9 Å². The molecule has 0 spiro atoms. The van der Waals surface area contributed by atoms with Gasteiger partial charge in [0.15, 0.2) is 5.60 Å². The molecule has 0 bridgehead atoms. The molecule has 0 heterocycles. The fraction of sp³-hybridized carbons (Fsp3) is 0.316. The van der Waals surface area contributed by atoms with Crippen molar-refractivity contribution < 1.29 is 52.5 Å². The number of ether oxygens (including phenoxy) is 5. The first kappa shape index (κ1) is 68.7. The average molecular weight is 1320 g/mol. The molecule has 0 saturated heterocycles. The second-order valence-electron chi connectivity index (χ2n) is 26.1. The second-order valence-corrected chi connectivity index (χ2v) is 27.7. The Morgan fingerprint density at radius 1 is 0.495 bits per heavy atom. The highest BCUT2D eigenvalue weighted by atomic mass is 35.5. The Morgan fingerprint density at radius 2 is 0.937 bits per heavy atom. The van der Waals surface area contributed by atoms with Crippen molar-refractivity contribution in [2.24, 2.45) is 0 Å². The molecule has 4 atom stereocenters. The molecule has 95 heavy (non-hydrogen) atoms. The van der Waals surface area contributed by atoms with Gasteiger partial charge in [-0.1, -0.05) is 225 Å². The molecular weight excluding hydrogens is 1230 g/mol. The van der Waals surface area contributed by atoms with Crippen LogP contribution in [0.3, 0.4) is 0 Å². The van der Waals surface area contributed by atoms with Gasteiger partial charge in [0.25, 0.3) is 0 Å². The first-order valence-corrected chi connectivity index (χ1v) is 33.7. The molecule has 0 aromatic heterocycles. The van der Waals surface area contributed by atoms with Crippen LogP contribution in [0.4, 0.5) is 4.79 Å². The number of rotatable bonds is 24. The van der Waals surface area contributed by atoms with Gasteiger partial charge in [-0.25, -0.2) is 9.59 Å². The van der Waals surface area contributed by atoms with Crippen molar-refractivity contribution in [2.45, 2.75) is 138 Å². The highest BCUT2D eigenvalue weighted by Crippen LogP contribution is 2.51. The number of thioether (sulfide) groups is 1. The van der Waals surface area contributed by atoms with Crippen LogP contribution in [0.1, 0.15) is 148 Å². The molecule has 1 saturated carbocycles. The largest absolute Gasteiger partial charge is 0.497 e. The van der Waals surface area contributed by atoms with E-state index in [4.69, 9.17) is 35.3 Å². The van der Waals surface area contributed by atoms with E-state index < -0.39 is 88.3 Å². The van der Waals surface area contributed by atoms with Crippen LogP contribution in [0.5, 0.6) is 5.75 Å². The van der Waals surface area contributed by atoms with Crippen LogP contribution in [0.25, 0.3) is 11.1 Å². The number of nitrogens with one attached hydrogen (secondary N) is 3. The molecule has 3 N–H and O–H groups in total. The van der Waals surface area contributed by atoms with Crippen molar-refractivity contribution >= 4 is 59.2 Å². The topological polar surface area (TPSA) is 185 Å². The number of carbonyl (C=O) groups excluding carboxylic acids is 6. The number of amides is 3. The Hall–Kier alpha value is -9.18. The number of carbonyl (C=O) groups is 6. The van der Waals surface area contributed by atoms with Gasteiger partial charge < -0.3 is 39.6 Å². The summed E-state index contributed by atoms with van der Waals surface area (Å²) in [7, 11) is 1.59. The van der Waals surface area contributed by atoms with Gasteiger partial charge in [-0.15, -0.1) is 11.8 Å². The lowest BCUT2D eigenvalue weighted by molar-refractivity contribution is -0.159. The molecule has 0 radical (unpaired) electrons. The molecule has 0 aliphatic heterocycles. The van der Waals surface area contributed by atoms with Gasteiger partial charge in [0.2, 0.25) is 11.8 Å². The van der Waals surface area contributed by atoms with E-state index in [0.29, 0.717) is 33.4 Å². The molecule has 2 aliphatic rings. The second kappa shape index (κ2) is 30.5. The summed E-state index contributed by atoms with van der Waals surface area (Å²) in [5.41, 5.74) is 5.32. The van der Waals surface area contributed by atoms with Gasteiger partial charge in [0.05, 0.1) is 24.7 Å². The zero-order valence-corrected chi connectivity index (χ0v) is 56.3. The van der Waals surface area contributed by atoms with Gasteiger partial charge in [0, 0.05) is 33.4 Å². The summed E-state index contributed by atoms with van der Waals surface area (Å²) in [5, 5.41) is 8.54. The average Bonchev–Trinajstić information content (AvgIpc) is 1.37. The first-order chi connectivity index (χ1) is 45.6. The van der Waals surface area contributed by atoms with E-state index in [9.17, 15) is 14.4 Å². The fourth-order valence-corrected chi connectivity index (χ4v) is 14.7. The molecule has 1 fully saturated rings. The number of hydrogen-bond donors (Lipinski definition) is 3. The quantitative estimate of drug-likeness (QED) is 0.0296. The first-order valence-electron chi connectivity index (χ1n) is 32.3. The third-order valence-corrected chi connectivity index (χ3v) is 19.1. The van der Waals surface area contributed by atoms with E-state index in [1.807, 2.05) is 188 Å². The van der Waals surface area contributed by atoms with Crippen molar-refractivity contribution in [3.05, 3.63) is 267 Å². The summed E-state index contributed by atoms with van der Waals surface area (Å²) < 4.78 is 29.2. The number of hydrogen-bond acceptors (Lipinski definition) is 12. The van der Waals surface area contributed by atoms with Crippen LogP contribution in [0.2, 0.25) is 5.02 Å². The minimum atomic E-state index is -1.81. The van der Waals surface area contributed by atoms with Gasteiger partial charge in [-0.2, -0.15) is 0 Å². The van der Waals surface area contributed by atoms with E-state index in [2.05, 4.69) is 28.1 Å². The number of fused-ring (bicyclic) bond motifs is 3. The Bertz CT molecular complexity index is 3880. The van der Waals surface area contributed by atoms with Crippen LogP contribution < -0.4 is 20.7 Å². The predicted octanol–water partition coefficient (Wildman–Crippen LogP) is 15.3. The molecule has 3 amide bonds. The van der Waals surface area contributed by atoms with Crippen molar-refractivity contribution in [1.29, 1.82) is 0 Å². The number of halogens is 1. The monoisotopic (exact) mass is 1320 g/mol. The Morgan fingerprint density at radius 3 is 1.45 bits per heavy atom. The van der Waals surface area contributed by atoms with Gasteiger partial charge in [-0.3, -0.25) is 19.2 Å². The van der Waals surface area contributed by atoms with E-state index in [0.717, 1.165) is 64.6 Å². The van der Waals surface area contributed by atoms with Crippen molar-refractivity contribution in [3.63, 3.8) is 0 Å². The molecule has 16 heteroatoms. The lowest BCUT2D eigenvalue weighted by Gasteiger charge is -2.39. The van der Waals surface area contributed by atoms with Gasteiger partial charge in [-0.05, 0) is 123 Å². The Balaban J connectivity index is 1.06. The number of benzene rings is 8. The molecule has 14 nitrogen and oxygen atoms in total. The molecule has 492 valence electrons. The standard InChI is InChI=1S/C79H82ClN3O11S/c1-76(2,3)92-70(84)48-67(81-73(87)68(49-71(85)93-77(4,5)6)83-75(89)91-50-64-62-36-22-20-34-60(62)61-35-21-23-37-63(61)64)72(86)82-69(51-95-79(56-30-16-10-17-31-56,57-32-18-11-19-33-57)58-44-46-59(90-7)47-45-58)74(88)94-78(54-28-14-9-15-29-54,65-38-24-25-39-66(65)80)55-42-40-53(41-43-55)52-26-12-8-13-27-52/h9-11,14-25,28-47,52,64,67-69H,8,12-13,26-27,48-51H2,1-7H3,(H,81,87)(H,82,86)(H,83,89)/t67?,68-,69-,78?/m0/s1. The van der Waals surface area contributed by atoms with Crippen molar-refractivity contribution in [1.82, 2.24) is 16.0 Å². The molecular formula is C79H82ClN3O11S. The molecule has 10 rings (SSSR count). The third-order valence-electron chi connectivity index (χ3n) is 17.2. The lowest BCUT2D eigenvalue weighted by Crippen LogP contribution is -2.58. The molecule has 8 aromatic rings. The van der Waals surface area contributed by atoms with Crippen LogP contribution in [-0.2, 0) is 53.3 Å². The third kappa shape index (κ3) is 16.5. The predicted molar refractivity (Wildman–Crippen MR) is 371 cm³/mol. The molecule has 2 unspecified atom stereocenters. The van der Waals surface area contributed by atoms with Gasteiger partial charge >= 0.3 is 24.0 Å². The van der Waals surface area contributed by atoms with E-state index in [1.165, 1.54) is 23.7 Å². The van der Waals surface area contributed by atoms with Crippen LogP contribution in [-0.4, -0.2) is 84.6 Å². The minimum absolute atomic E-state index is 0.123. The van der Waals surface area contributed by atoms with Gasteiger partial charge in [0.1, 0.15) is 41.7 Å². The van der Waals surface area contributed by atoms with E-state index >= 15 is 14.4 Å². The summed E-state index contributed by atoms with van der Waals surface area (Å²) in [4.78, 5) is 89.5. The smallest absolute Gasteiger partial charge is 0.407 e. The normalized spacial score (nSPS) is 14.9. The summed E-state index contributed by atoms with van der Waals surface area (Å²) in [5.74, 6) is -4.27. The fourth-order valence-electron chi connectivity index (χ4n) is 12.9. The maximum absolute atomic E-state index is 16.5. The molecule has 2 aliphatic carbocycles. The summed E-state index contributed by atoms with van der Waals surface area (Å²) in [6.45, 7) is 9.83. The van der Waals surface area contributed by atoms with Crippen LogP contribution >= 0.6 is 23.4 Å².